The molecule has 2 aliphatic heterocycles. The van der Waals surface area contributed by atoms with Crippen LogP contribution in [0.1, 0.15) is 28.8 Å². The van der Waals surface area contributed by atoms with E-state index in [1.54, 1.807) is 18.6 Å². The van der Waals surface area contributed by atoms with Crippen LogP contribution in [-0.2, 0) is 23.3 Å². The van der Waals surface area contributed by atoms with Gasteiger partial charge in [0, 0.05) is 13.0 Å². The van der Waals surface area contributed by atoms with Gasteiger partial charge in [0.15, 0.2) is 0 Å². The molecule has 0 fully saturated rings. The summed E-state index contributed by atoms with van der Waals surface area (Å²) in [7, 11) is 0. The lowest BCUT2D eigenvalue weighted by Crippen LogP contribution is -2.35. The molecule has 1 aromatic heterocycles. The van der Waals surface area contributed by atoms with E-state index in [9.17, 15) is 4.39 Å². The Labute approximate surface area is 115 Å². The molecule has 1 unspecified atom stereocenters. The van der Waals surface area contributed by atoms with Gasteiger partial charge >= 0.3 is 0 Å². The van der Waals surface area contributed by atoms with Crippen LogP contribution in [0.25, 0.3) is 0 Å². The molecule has 0 aliphatic carbocycles. The maximum absolute atomic E-state index is 14.0. The van der Waals surface area contributed by atoms with Crippen LogP contribution >= 0.6 is 0 Å². The Morgan fingerprint density at radius 2 is 2.35 bits per heavy atom. The molecule has 5 heteroatoms. The summed E-state index contributed by atoms with van der Waals surface area (Å²) in [6.07, 6.45) is 5.06. The number of hydrogen-bond acceptors (Lipinski definition) is 3. The first kappa shape index (κ1) is 11.6. The Kier molecular flexibility index (Phi) is 2.27. The molecule has 0 saturated heterocycles. The minimum atomic E-state index is -0.598. The fourth-order valence-electron chi connectivity index (χ4n) is 3.36. The number of nitrogens with zero attached hydrogens (tertiary/aromatic N) is 3. The number of aryl methyl sites for hydroxylation is 1. The van der Waals surface area contributed by atoms with Crippen LogP contribution in [0, 0.1) is 17.1 Å². The molecular weight excluding hydrogens is 257 g/mol. The first-order chi connectivity index (χ1) is 9.74. The first-order valence-electron chi connectivity index (χ1n) is 6.62. The van der Waals surface area contributed by atoms with Crippen molar-refractivity contribution in [3.63, 3.8) is 0 Å². The highest BCUT2D eigenvalue weighted by Gasteiger charge is 2.45. The zero-order chi connectivity index (χ0) is 13.7. The predicted octanol–water partition coefficient (Wildman–Crippen LogP) is 2.11. The standard InChI is InChI=1S/C15H12FN3O/c16-13-6-12-10(5-11(13)7-17)1-4-20-15(12)2-3-19-9-18-8-14(15)19/h5-6,8-9H,1-4H2. The zero-order valence-electron chi connectivity index (χ0n) is 10.8. The molecule has 100 valence electrons. The molecule has 20 heavy (non-hydrogen) atoms. The van der Waals surface area contributed by atoms with Crippen LogP contribution in [0.2, 0.25) is 0 Å². The average molecular weight is 269 g/mol. The Bertz CT molecular complexity index is 746. The van der Waals surface area contributed by atoms with Crippen molar-refractivity contribution < 1.29 is 9.13 Å². The average Bonchev–Trinajstić information content (AvgIpc) is 3.04. The van der Waals surface area contributed by atoms with E-state index in [1.807, 2.05) is 10.6 Å². The molecule has 0 amide bonds. The van der Waals surface area contributed by atoms with Crippen molar-refractivity contribution in [3.05, 3.63) is 52.9 Å². The van der Waals surface area contributed by atoms with Crippen molar-refractivity contribution in [1.29, 1.82) is 5.26 Å². The Hall–Kier alpha value is -2.19. The Morgan fingerprint density at radius 1 is 1.45 bits per heavy atom. The summed E-state index contributed by atoms with van der Waals surface area (Å²) in [4.78, 5) is 4.16. The summed E-state index contributed by atoms with van der Waals surface area (Å²) in [6, 6.07) is 5.03. The summed E-state index contributed by atoms with van der Waals surface area (Å²) in [5, 5.41) is 8.97. The van der Waals surface area contributed by atoms with Crippen molar-refractivity contribution in [3.8, 4) is 6.07 Å². The van der Waals surface area contributed by atoms with E-state index in [0.717, 1.165) is 29.8 Å². The summed E-state index contributed by atoms with van der Waals surface area (Å²) < 4.78 is 22.1. The van der Waals surface area contributed by atoms with E-state index >= 15 is 0 Å². The quantitative estimate of drug-likeness (QED) is 0.736. The second-order valence-electron chi connectivity index (χ2n) is 5.25. The highest BCUT2D eigenvalue weighted by atomic mass is 19.1. The molecule has 3 heterocycles. The van der Waals surface area contributed by atoms with Gasteiger partial charge in [0.05, 0.1) is 30.4 Å². The molecular formula is C15H12FN3O. The third-order valence-corrected chi connectivity index (χ3v) is 4.30. The van der Waals surface area contributed by atoms with Crippen LogP contribution in [0.15, 0.2) is 24.7 Å². The van der Waals surface area contributed by atoms with Crippen molar-refractivity contribution in [2.75, 3.05) is 6.61 Å². The minimum Gasteiger partial charge on any atom is -0.364 e. The van der Waals surface area contributed by atoms with Gasteiger partial charge in [-0.25, -0.2) is 9.37 Å². The lowest BCUT2D eigenvalue weighted by atomic mass is 9.82. The molecule has 4 nitrogen and oxygen atoms in total. The number of fused-ring (bicyclic) bond motifs is 4. The van der Waals surface area contributed by atoms with Crippen molar-refractivity contribution in [2.45, 2.75) is 25.0 Å². The third kappa shape index (κ3) is 1.34. The summed E-state index contributed by atoms with van der Waals surface area (Å²) >= 11 is 0. The Morgan fingerprint density at radius 3 is 3.20 bits per heavy atom. The minimum absolute atomic E-state index is 0.104. The van der Waals surface area contributed by atoms with Gasteiger partial charge in [-0.15, -0.1) is 0 Å². The smallest absolute Gasteiger partial charge is 0.141 e. The van der Waals surface area contributed by atoms with Gasteiger partial charge in [0.1, 0.15) is 17.5 Å². The van der Waals surface area contributed by atoms with Crippen LogP contribution in [0.3, 0.4) is 0 Å². The van der Waals surface area contributed by atoms with E-state index in [-0.39, 0.29) is 5.56 Å². The number of nitriles is 1. The van der Waals surface area contributed by atoms with Gasteiger partial charge in [-0.05, 0) is 29.7 Å². The maximum Gasteiger partial charge on any atom is 0.141 e. The van der Waals surface area contributed by atoms with Crippen molar-refractivity contribution in [2.24, 2.45) is 0 Å². The molecule has 0 saturated carbocycles. The van der Waals surface area contributed by atoms with E-state index in [2.05, 4.69) is 4.98 Å². The first-order valence-corrected chi connectivity index (χ1v) is 6.62. The number of benzene rings is 1. The summed E-state index contributed by atoms with van der Waals surface area (Å²) in [5.74, 6) is -0.478. The molecule has 1 aromatic carbocycles. The normalized spacial score (nSPS) is 23.4. The van der Waals surface area contributed by atoms with Crippen molar-refractivity contribution in [1.82, 2.24) is 9.55 Å². The van der Waals surface area contributed by atoms with Crippen LogP contribution < -0.4 is 0 Å². The number of hydrogen-bond donors (Lipinski definition) is 0. The number of halogens is 1. The molecule has 4 rings (SSSR count). The molecule has 1 spiro atoms. The van der Waals surface area contributed by atoms with Crippen LogP contribution in [0.5, 0.6) is 0 Å². The molecule has 1 atom stereocenters. The highest BCUT2D eigenvalue weighted by Crippen LogP contribution is 2.46. The van der Waals surface area contributed by atoms with E-state index in [4.69, 9.17) is 10.00 Å². The van der Waals surface area contributed by atoms with Gasteiger partial charge in [-0.3, -0.25) is 0 Å². The monoisotopic (exact) mass is 269 g/mol. The number of aromatic nitrogens is 2. The van der Waals surface area contributed by atoms with Crippen LogP contribution in [0.4, 0.5) is 4.39 Å². The van der Waals surface area contributed by atoms with Gasteiger partial charge in [0.2, 0.25) is 0 Å². The van der Waals surface area contributed by atoms with Gasteiger partial charge in [0.25, 0.3) is 0 Å². The molecule has 0 radical (unpaired) electrons. The summed E-state index contributed by atoms with van der Waals surface area (Å²) in [5.41, 5.74) is 2.33. The second kappa shape index (κ2) is 3.90. The largest absolute Gasteiger partial charge is 0.364 e. The van der Waals surface area contributed by atoms with Gasteiger partial charge in [-0.2, -0.15) is 5.26 Å². The molecule has 2 aliphatic rings. The predicted molar refractivity (Wildman–Crippen MR) is 68.4 cm³/mol. The number of ether oxygens (including phenoxy) is 1. The lowest BCUT2D eigenvalue weighted by Gasteiger charge is -2.35. The van der Waals surface area contributed by atoms with Gasteiger partial charge in [-0.1, -0.05) is 0 Å². The third-order valence-electron chi connectivity index (χ3n) is 4.30. The second-order valence-corrected chi connectivity index (χ2v) is 5.25. The Balaban J connectivity index is 1.97. The lowest BCUT2D eigenvalue weighted by molar-refractivity contribution is -0.0275. The van der Waals surface area contributed by atoms with Crippen LogP contribution in [-0.4, -0.2) is 16.2 Å². The maximum atomic E-state index is 14.0. The SMILES string of the molecule is N#Cc1cc2c(cc1F)C1(CCn3cncc31)OCC2. The van der Waals surface area contributed by atoms with E-state index < -0.39 is 11.4 Å². The van der Waals surface area contributed by atoms with E-state index in [0.29, 0.717) is 13.0 Å². The molecule has 2 aromatic rings. The summed E-state index contributed by atoms with van der Waals surface area (Å²) in [6.45, 7) is 1.39. The zero-order valence-corrected chi connectivity index (χ0v) is 10.8. The number of rotatable bonds is 0. The number of imidazole rings is 1. The molecule has 0 N–H and O–H groups in total. The topological polar surface area (TPSA) is 50.8 Å². The highest BCUT2D eigenvalue weighted by molar-refractivity contribution is 5.47. The fraction of sp³-hybridized carbons (Fsp3) is 0.333. The molecule has 0 bridgehead atoms. The van der Waals surface area contributed by atoms with E-state index in [1.165, 1.54) is 6.07 Å². The van der Waals surface area contributed by atoms with Crippen molar-refractivity contribution >= 4 is 0 Å². The van der Waals surface area contributed by atoms with Gasteiger partial charge < -0.3 is 9.30 Å². The fourth-order valence-corrected chi connectivity index (χ4v) is 3.36.